The third-order valence-corrected chi connectivity index (χ3v) is 7.83. The van der Waals surface area contributed by atoms with Crippen LogP contribution in [0.1, 0.15) is 39.0 Å². The minimum Gasteiger partial charge on any atom is -0.456 e. The highest BCUT2D eigenvalue weighted by Gasteiger charge is 2.17. The second kappa shape index (κ2) is 8.27. The van der Waals surface area contributed by atoms with Gasteiger partial charge in [-0.2, -0.15) is 0 Å². The molecule has 0 saturated carbocycles. The highest BCUT2D eigenvalue weighted by Crippen LogP contribution is 2.38. The van der Waals surface area contributed by atoms with E-state index in [2.05, 4.69) is 146 Å². The number of aryl methyl sites for hydroxylation is 2. The van der Waals surface area contributed by atoms with E-state index in [4.69, 9.17) is 4.42 Å². The van der Waals surface area contributed by atoms with E-state index in [0.29, 0.717) is 3.92 Å². The fourth-order valence-electron chi connectivity index (χ4n) is 5.27. The molecule has 0 aliphatic rings. The van der Waals surface area contributed by atoms with Gasteiger partial charge in [-0.05, 0) is 65.9 Å². The Morgan fingerprint density at radius 1 is 0.806 bits per heavy atom. The lowest BCUT2D eigenvalue weighted by Gasteiger charge is -2.19. The van der Waals surface area contributed by atoms with Crippen LogP contribution in [0.5, 0.6) is 0 Å². The average Bonchev–Trinajstić information content (AvgIpc) is 3.45. The van der Waals surface area contributed by atoms with E-state index < -0.39 is 0 Å². The average molecular weight is 587 g/mol. The van der Waals surface area contributed by atoms with Crippen LogP contribution in [0.3, 0.4) is 0 Å². The minimum absolute atomic E-state index is 0.151. The Morgan fingerprint density at radius 2 is 1.39 bits per heavy atom. The molecule has 0 spiro atoms. The largest absolute Gasteiger partial charge is 0.456 e. The molecule has 36 heavy (non-hydrogen) atoms. The van der Waals surface area contributed by atoms with Crippen LogP contribution in [0.4, 0.5) is 0 Å². The number of hydrogen-bond donors (Lipinski definition) is 0. The molecule has 0 bridgehead atoms. The van der Waals surface area contributed by atoms with Crippen molar-refractivity contribution in [3.05, 3.63) is 78.0 Å². The lowest BCUT2D eigenvalue weighted by atomic mass is 9.86. The van der Waals surface area contributed by atoms with Crippen molar-refractivity contribution in [1.29, 1.82) is 0 Å². The summed E-state index contributed by atoms with van der Waals surface area (Å²) >= 11 is 2.43. The van der Waals surface area contributed by atoms with Gasteiger partial charge in [0.05, 0.1) is 0 Å². The van der Waals surface area contributed by atoms with E-state index in [1.807, 2.05) is 0 Å². The first kappa shape index (κ1) is 23.4. The quantitative estimate of drug-likeness (QED) is 0.150. The summed E-state index contributed by atoms with van der Waals surface area (Å²) < 4.78 is 11.4. The van der Waals surface area contributed by atoms with Gasteiger partial charge in [0.1, 0.15) is 11.2 Å². The molecule has 0 aliphatic heterocycles. The lowest BCUT2D eigenvalue weighted by molar-refractivity contribution is 0.590. The predicted octanol–water partition coefficient (Wildman–Crippen LogP) is 9.37. The number of nitrogens with zero attached hydrogens (tertiary/aromatic N) is 2. The number of aromatic nitrogens is 2. The third-order valence-electron chi connectivity index (χ3n) is 7.41. The molecule has 3 heterocycles. The highest BCUT2D eigenvalue weighted by atomic mass is 127. The van der Waals surface area contributed by atoms with Gasteiger partial charge in [0.2, 0.25) is 0 Å². The zero-order chi connectivity index (χ0) is 25.4. The van der Waals surface area contributed by atoms with E-state index in [0.717, 1.165) is 21.9 Å². The summed E-state index contributed by atoms with van der Waals surface area (Å²) in [5.41, 5.74) is 9.47. The van der Waals surface area contributed by atoms with E-state index in [-0.39, 0.29) is 5.41 Å². The molecule has 3 aromatic heterocycles. The molecule has 182 valence electrons. The Labute approximate surface area is 225 Å². The maximum atomic E-state index is 6.39. The van der Waals surface area contributed by atoms with Crippen LogP contribution in [0.2, 0.25) is 0 Å². The first-order valence-electron chi connectivity index (χ1n) is 12.5. The van der Waals surface area contributed by atoms with Gasteiger partial charge in [0, 0.05) is 62.0 Å². The monoisotopic (exact) mass is 586 g/mol. The van der Waals surface area contributed by atoms with Crippen molar-refractivity contribution in [2.45, 2.75) is 37.0 Å². The van der Waals surface area contributed by atoms with Crippen LogP contribution in [-0.2, 0) is 19.5 Å². The molecule has 0 fully saturated rings. The Hall–Kier alpha value is -2.99. The minimum atomic E-state index is 0.151. The first-order valence-corrected chi connectivity index (χ1v) is 13.7. The Morgan fingerprint density at radius 3 is 1.97 bits per heavy atom. The zero-order valence-electron chi connectivity index (χ0n) is 21.7. The predicted molar refractivity (Wildman–Crippen MR) is 163 cm³/mol. The lowest BCUT2D eigenvalue weighted by Crippen LogP contribution is -2.10. The molecular formula is C32H31IN2O. The molecule has 0 amide bonds. The maximum Gasteiger partial charge on any atom is 0.136 e. The van der Waals surface area contributed by atoms with Crippen molar-refractivity contribution in [3.8, 4) is 11.3 Å². The molecule has 6 rings (SSSR count). The Bertz CT molecular complexity index is 1800. The van der Waals surface area contributed by atoms with E-state index in [1.165, 1.54) is 44.3 Å². The normalized spacial score (nSPS) is 13.8. The Kier molecular flexibility index (Phi) is 5.38. The molecule has 1 unspecified atom stereocenters. The molecule has 1 atom stereocenters. The van der Waals surface area contributed by atoms with Crippen molar-refractivity contribution in [1.82, 2.24) is 9.13 Å². The fraction of sp³-hybridized carbons (Fsp3) is 0.250. The van der Waals surface area contributed by atoms with Gasteiger partial charge in [-0.25, -0.2) is 0 Å². The zero-order valence-corrected chi connectivity index (χ0v) is 23.8. The van der Waals surface area contributed by atoms with Crippen molar-refractivity contribution >= 4 is 72.4 Å². The van der Waals surface area contributed by atoms with E-state index >= 15 is 0 Å². The molecular weight excluding hydrogens is 555 g/mol. The topological polar surface area (TPSA) is 23.0 Å². The van der Waals surface area contributed by atoms with Crippen LogP contribution in [0, 0.1) is 0 Å². The van der Waals surface area contributed by atoms with Gasteiger partial charge in [0.25, 0.3) is 0 Å². The molecule has 0 aliphatic carbocycles. The van der Waals surface area contributed by atoms with Crippen molar-refractivity contribution in [2.24, 2.45) is 14.1 Å². The van der Waals surface area contributed by atoms with Crippen LogP contribution >= 0.6 is 22.6 Å². The number of rotatable bonds is 3. The van der Waals surface area contributed by atoms with Crippen molar-refractivity contribution in [3.63, 3.8) is 0 Å². The SMILES string of the molecule is CC(I)/C=C/c1cc2cc3oc4cc5cc(-c6ccc(C(C)(C)C)cc6)n(C)c5cc4c3cc2n1C. The van der Waals surface area contributed by atoms with Gasteiger partial charge in [-0.15, -0.1) is 0 Å². The number of allylic oxidation sites excluding steroid dienone is 1. The van der Waals surface area contributed by atoms with Crippen LogP contribution < -0.4 is 0 Å². The number of alkyl halides is 1. The van der Waals surface area contributed by atoms with Crippen LogP contribution in [-0.4, -0.2) is 13.1 Å². The molecule has 0 N–H and O–H groups in total. The number of furan rings is 1. The summed E-state index contributed by atoms with van der Waals surface area (Å²) in [5.74, 6) is 0. The molecule has 3 aromatic carbocycles. The van der Waals surface area contributed by atoms with Crippen molar-refractivity contribution < 1.29 is 4.42 Å². The van der Waals surface area contributed by atoms with Crippen molar-refractivity contribution in [2.75, 3.05) is 0 Å². The fourth-order valence-corrected chi connectivity index (χ4v) is 5.47. The standard InChI is InChI=1S/C32H31IN2O/c1-19(33)7-12-24-13-21-15-30-25(17-28(21)34(24)5)26-18-29-22(16-31(26)36-30)14-27(35(29)6)20-8-10-23(11-9-20)32(2,3)4/h7-19H,1-6H3/b12-7+. The van der Waals surface area contributed by atoms with Crippen LogP contribution in [0.25, 0.3) is 61.1 Å². The summed E-state index contributed by atoms with van der Waals surface area (Å²) in [7, 11) is 4.30. The summed E-state index contributed by atoms with van der Waals surface area (Å²) in [6.07, 6.45) is 4.44. The molecule has 0 radical (unpaired) electrons. The van der Waals surface area contributed by atoms with E-state index in [1.54, 1.807) is 0 Å². The van der Waals surface area contributed by atoms with Gasteiger partial charge in [0.15, 0.2) is 0 Å². The van der Waals surface area contributed by atoms with Gasteiger partial charge in [-0.3, -0.25) is 0 Å². The summed E-state index contributed by atoms with van der Waals surface area (Å²) in [5, 5.41) is 4.73. The summed E-state index contributed by atoms with van der Waals surface area (Å²) in [6, 6.07) is 22.4. The number of fused-ring (bicyclic) bond motifs is 5. The van der Waals surface area contributed by atoms with Crippen LogP contribution in [0.15, 0.2) is 71.2 Å². The molecule has 3 nitrogen and oxygen atoms in total. The number of hydrogen-bond acceptors (Lipinski definition) is 1. The third kappa shape index (κ3) is 3.78. The second-order valence-corrected chi connectivity index (χ2v) is 13.0. The maximum absolute atomic E-state index is 6.39. The van der Waals surface area contributed by atoms with Gasteiger partial charge >= 0.3 is 0 Å². The van der Waals surface area contributed by atoms with Gasteiger partial charge < -0.3 is 13.6 Å². The summed E-state index contributed by atoms with van der Waals surface area (Å²) in [6.45, 7) is 8.95. The summed E-state index contributed by atoms with van der Waals surface area (Å²) in [4.78, 5) is 0. The number of benzene rings is 3. The second-order valence-electron chi connectivity index (χ2n) is 11.0. The highest BCUT2D eigenvalue weighted by molar-refractivity contribution is 14.1. The van der Waals surface area contributed by atoms with Gasteiger partial charge in [-0.1, -0.05) is 73.7 Å². The Balaban J connectivity index is 1.49. The number of halogens is 1. The first-order chi connectivity index (χ1) is 17.1. The van der Waals surface area contributed by atoms with E-state index in [9.17, 15) is 0 Å². The molecule has 0 saturated heterocycles. The molecule has 6 aromatic rings. The smallest absolute Gasteiger partial charge is 0.136 e. The molecule has 4 heteroatoms.